The van der Waals surface area contributed by atoms with Crippen LogP contribution < -0.4 is 5.73 Å². The van der Waals surface area contributed by atoms with E-state index >= 15 is 0 Å². The highest BCUT2D eigenvalue weighted by Crippen LogP contribution is 2.20. The summed E-state index contributed by atoms with van der Waals surface area (Å²) in [5.74, 6) is 0.669. The number of likely N-dealkylation sites (tertiary alicyclic amines) is 1. The molecule has 1 unspecified atom stereocenters. The predicted octanol–water partition coefficient (Wildman–Crippen LogP) is 2.29. The summed E-state index contributed by atoms with van der Waals surface area (Å²) in [6.45, 7) is 6.69. The van der Waals surface area contributed by atoms with Crippen LogP contribution >= 0.6 is 36.2 Å². The van der Waals surface area contributed by atoms with E-state index in [-0.39, 0.29) is 30.7 Å². The summed E-state index contributed by atoms with van der Waals surface area (Å²) in [6, 6.07) is 0. The molecule has 1 aromatic rings. The molecule has 0 aliphatic carbocycles. The zero-order chi connectivity index (χ0) is 15.2. The molecular weight excluding hydrogens is 355 g/mol. The SMILES string of the molecule is CCCN(C)CC1CCN(C(=O)c2csc(CCN)n2)C1.Cl.Cl. The molecule has 134 valence electrons. The summed E-state index contributed by atoms with van der Waals surface area (Å²) in [5.41, 5.74) is 6.11. The Labute approximate surface area is 155 Å². The summed E-state index contributed by atoms with van der Waals surface area (Å²) in [5, 5.41) is 2.82. The van der Waals surface area contributed by atoms with Crippen molar-refractivity contribution in [1.29, 1.82) is 0 Å². The first-order valence-corrected chi connectivity index (χ1v) is 8.64. The number of hydrogen-bond donors (Lipinski definition) is 1. The number of nitrogens with two attached hydrogens (primary N) is 1. The van der Waals surface area contributed by atoms with Crippen LogP contribution in [-0.4, -0.2) is 60.5 Å². The van der Waals surface area contributed by atoms with Crippen LogP contribution in [0.25, 0.3) is 0 Å². The number of aromatic nitrogens is 1. The van der Waals surface area contributed by atoms with Gasteiger partial charge in [0.05, 0.1) is 5.01 Å². The van der Waals surface area contributed by atoms with E-state index < -0.39 is 0 Å². The van der Waals surface area contributed by atoms with Gasteiger partial charge in [0.15, 0.2) is 0 Å². The van der Waals surface area contributed by atoms with Crippen molar-refractivity contribution >= 4 is 42.1 Å². The number of nitrogens with zero attached hydrogens (tertiary/aromatic N) is 3. The summed E-state index contributed by atoms with van der Waals surface area (Å²) >= 11 is 1.53. The number of halogens is 2. The van der Waals surface area contributed by atoms with Crippen molar-refractivity contribution in [2.45, 2.75) is 26.2 Å². The average Bonchev–Trinajstić information content (AvgIpc) is 3.08. The van der Waals surface area contributed by atoms with E-state index in [0.29, 0.717) is 18.2 Å². The van der Waals surface area contributed by atoms with Gasteiger partial charge in [0.25, 0.3) is 5.91 Å². The van der Waals surface area contributed by atoms with Gasteiger partial charge in [0, 0.05) is 31.4 Å². The van der Waals surface area contributed by atoms with Gasteiger partial charge in [-0.25, -0.2) is 4.98 Å². The van der Waals surface area contributed by atoms with Crippen molar-refractivity contribution < 1.29 is 4.79 Å². The first-order chi connectivity index (χ1) is 10.1. The fourth-order valence-corrected chi connectivity index (χ4v) is 3.68. The molecule has 0 radical (unpaired) electrons. The maximum absolute atomic E-state index is 12.4. The minimum absolute atomic E-state index is 0. The minimum atomic E-state index is 0. The van der Waals surface area contributed by atoms with Crippen LogP contribution in [0.4, 0.5) is 0 Å². The molecule has 0 bridgehead atoms. The Morgan fingerprint density at radius 1 is 1.52 bits per heavy atom. The topological polar surface area (TPSA) is 62.5 Å². The Bertz CT molecular complexity index is 472. The van der Waals surface area contributed by atoms with Gasteiger partial charge in [-0.2, -0.15) is 0 Å². The van der Waals surface area contributed by atoms with Gasteiger partial charge in [-0.1, -0.05) is 6.92 Å². The van der Waals surface area contributed by atoms with Crippen LogP contribution in [0.15, 0.2) is 5.38 Å². The van der Waals surface area contributed by atoms with Crippen LogP contribution in [0.5, 0.6) is 0 Å². The molecule has 2 rings (SSSR count). The molecule has 8 heteroatoms. The fourth-order valence-electron chi connectivity index (χ4n) is 2.89. The monoisotopic (exact) mass is 382 g/mol. The first-order valence-electron chi connectivity index (χ1n) is 7.76. The van der Waals surface area contributed by atoms with Crippen LogP contribution in [-0.2, 0) is 6.42 Å². The molecule has 2 N–H and O–H groups in total. The standard InChI is InChI=1S/C15H26N4OS.2ClH/c1-3-7-18(2)9-12-5-8-19(10-12)15(20)13-11-21-14(17-13)4-6-16;;/h11-12H,3-10,16H2,1-2H3;2*1H. The number of hydrogen-bond acceptors (Lipinski definition) is 5. The molecule has 1 aromatic heterocycles. The molecule has 0 aromatic carbocycles. The van der Waals surface area contributed by atoms with Gasteiger partial charge < -0.3 is 15.5 Å². The molecule has 1 aliphatic heterocycles. The summed E-state index contributed by atoms with van der Waals surface area (Å²) in [7, 11) is 2.16. The molecule has 5 nitrogen and oxygen atoms in total. The van der Waals surface area contributed by atoms with Crippen LogP contribution in [0.3, 0.4) is 0 Å². The van der Waals surface area contributed by atoms with E-state index in [0.717, 1.165) is 44.0 Å². The Morgan fingerprint density at radius 2 is 2.26 bits per heavy atom. The van der Waals surface area contributed by atoms with Gasteiger partial charge in [0.2, 0.25) is 0 Å². The lowest BCUT2D eigenvalue weighted by Crippen LogP contribution is -2.32. The highest BCUT2D eigenvalue weighted by atomic mass is 35.5. The lowest BCUT2D eigenvalue weighted by atomic mass is 10.1. The molecule has 2 heterocycles. The zero-order valence-electron chi connectivity index (χ0n) is 13.9. The molecule has 23 heavy (non-hydrogen) atoms. The number of thiazole rings is 1. The molecule has 0 saturated carbocycles. The zero-order valence-corrected chi connectivity index (χ0v) is 16.3. The summed E-state index contributed by atoms with van der Waals surface area (Å²) in [6.07, 6.45) is 3.02. The van der Waals surface area contributed by atoms with E-state index in [1.807, 2.05) is 10.3 Å². The van der Waals surface area contributed by atoms with Crippen molar-refractivity contribution in [3.63, 3.8) is 0 Å². The van der Waals surface area contributed by atoms with Crippen molar-refractivity contribution in [3.8, 4) is 0 Å². The highest BCUT2D eigenvalue weighted by molar-refractivity contribution is 7.09. The van der Waals surface area contributed by atoms with E-state index in [1.54, 1.807) is 0 Å². The highest BCUT2D eigenvalue weighted by Gasteiger charge is 2.28. The predicted molar refractivity (Wildman–Crippen MR) is 101 cm³/mol. The van der Waals surface area contributed by atoms with Gasteiger partial charge in [-0.05, 0) is 38.9 Å². The van der Waals surface area contributed by atoms with Crippen LogP contribution in [0.2, 0.25) is 0 Å². The Balaban J connectivity index is 0.00000242. The molecule has 1 amide bonds. The third-order valence-corrected chi connectivity index (χ3v) is 4.79. The maximum Gasteiger partial charge on any atom is 0.273 e. The largest absolute Gasteiger partial charge is 0.337 e. The summed E-state index contributed by atoms with van der Waals surface area (Å²) in [4.78, 5) is 21.2. The Morgan fingerprint density at radius 3 is 2.91 bits per heavy atom. The van der Waals surface area contributed by atoms with Gasteiger partial charge in [-0.3, -0.25) is 4.79 Å². The third-order valence-electron chi connectivity index (χ3n) is 3.88. The molecule has 0 spiro atoms. The van der Waals surface area contributed by atoms with Crippen molar-refractivity contribution in [2.24, 2.45) is 11.7 Å². The third kappa shape index (κ3) is 6.55. The number of carbonyl (C=O) groups excluding carboxylic acids is 1. The first kappa shape index (κ1) is 22.6. The molecular formula is C15H28Cl2N4OS. The number of carbonyl (C=O) groups is 1. The Hall–Kier alpha value is -0.400. The Kier molecular flexibility index (Phi) is 11.0. The quantitative estimate of drug-likeness (QED) is 0.785. The fraction of sp³-hybridized carbons (Fsp3) is 0.733. The lowest BCUT2D eigenvalue weighted by molar-refractivity contribution is 0.0779. The second kappa shape index (κ2) is 11.2. The van der Waals surface area contributed by atoms with E-state index in [4.69, 9.17) is 5.73 Å². The smallest absolute Gasteiger partial charge is 0.273 e. The summed E-state index contributed by atoms with van der Waals surface area (Å²) < 4.78 is 0. The van der Waals surface area contributed by atoms with Crippen LogP contribution in [0, 0.1) is 5.92 Å². The van der Waals surface area contributed by atoms with Gasteiger partial charge in [-0.15, -0.1) is 36.2 Å². The van der Waals surface area contributed by atoms with Crippen molar-refractivity contribution in [3.05, 3.63) is 16.1 Å². The van der Waals surface area contributed by atoms with Crippen molar-refractivity contribution in [2.75, 3.05) is 39.8 Å². The average molecular weight is 383 g/mol. The van der Waals surface area contributed by atoms with Gasteiger partial charge in [0.1, 0.15) is 5.69 Å². The molecule has 1 aliphatic rings. The van der Waals surface area contributed by atoms with Crippen LogP contribution in [0.1, 0.15) is 35.3 Å². The lowest BCUT2D eigenvalue weighted by Gasteiger charge is -2.20. The van der Waals surface area contributed by atoms with Gasteiger partial charge >= 0.3 is 0 Å². The molecule has 1 fully saturated rings. The van der Waals surface area contributed by atoms with Crippen molar-refractivity contribution in [1.82, 2.24) is 14.8 Å². The van der Waals surface area contributed by atoms with E-state index in [1.165, 1.54) is 17.8 Å². The normalized spacial score (nSPS) is 17.0. The van der Waals surface area contributed by atoms with E-state index in [9.17, 15) is 4.79 Å². The second-order valence-electron chi connectivity index (χ2n) is 5.83. The molecule has 1 atom stereocenters. The number of rotatable bonds is 7. The van der Waals surface area contributed by atoms with E-state index in [2.05, 4.69) is 23.9 Å². The maximum atomic E-state index is 12.4. The second-order valence-corrected chi connectivity index (χ2v) is 6.78. The minimum Gasteiger partial charge on any atom is -0.337 e. The molecule has 1 saturated heterocycles. The number of amides is 1.